The maximum absolute atomic E-state index is 13.6. The number of ether oxygens (including phenoxy) is 1. The van der Waals surface area contributed by atoms with E-state index in [-0.39, 0.29) is 30.5 Å². The van der Waals surface area contributed by atoms with Gasteiger partial charge in [-0.05, 0) is 61.3 Å². The van der Waals surface area contributed by atoms with Crippen molar-refractivity contribution < 1.29 is 22.7 Å². The second kappa shape index (κ2) is 13.7. The number of hydrogen-bond acceptors (Lipinski definition) is 5. The second-order valence-electron chi connectivity index (χ2n) is 11.1. The molecule has 10 heteroatoms. The molecule has 2 heterocycles. The Kier molecular flexibility index (Phi) is 9.72. The summed E-state index contributed by atoms with van der Waals surface area (Å²) >= 11 is 6.59. The molecule has 1 N–H and O–H groups in total. The molecule has 0 unspecified atom stereocenters. The van der Waals surface area contributed by atoms with E-state index in [2.05, 4.69) is 16.9 Å². The van der Waals surface area contributed by atoms with E-state index in [9.17, 15) is 18.0 Å². The first kappa shape index (κ1) is 30.6. The fourth-order valence-corrected chi connectivity index (χ4v) is 7.49. The Morgan fingerprint density at radius 2 is 1.67 bits per heavy atom. The molecule has 1 saturated heterocycles. The number of benzene rings is 3. The Bertz CT molecular complexity index is 1690. The molecule has 1 atom stereocenters. The summed E-state index contributed by atoms with van der Waals surface area (Å²) < 4.78 is 36.1. The molecule has 0 saturated carbocycles. The SMILES string of the molecule is Cc1c(C(=O)NS(=O)(=O)C[C@H]2CCCN(C(=O)OCc3ccccc3)C2)n(CCCc2ccccc2)c2c(Cl)cccc12. The van der Waals surface area contributed by atoms with Crippen LogP contribution in [-0.4, -0.2) is 48.7 Å². The zero-order valence-corrected chi connectivity index (χ0v) is 25.7. The van der Waals surface area contributed by atoms with Crippen molar-refractivity contribution in [2.24, 2.45) is 5.92 Å². The normalized spacial score (nSPS) is 15.4. The zero-order chi connectivity index (χ0) is 30.4. The molecule has 0 radical (unpaired) electrons. The Labute approximate surface area is 257 Å². The number of sulfonamides is 1. The summed E-state index contributed by atoms with van der Waals surface area (Å²) in [7, 11) is -4.00. The van der Waals surface area contributed by atoms with Crippen molar-refractivity contribution in [2.75, 3.05) is 18.8 Å². The quantitative estimate of drug-likeness (QED) is 0.223. The van der Waals surface area contributed by atoms with Gasteiger partial charge in [-0.3, -0.25) is 4.79 Å². The Hall–Kier alpha value is -3.82. The van der Waals surface area contributed by atoms with E-state index in [1.165, 1.54) is 5.56 Å². The molecule has 1 aliphatic rings. The Morgan fingerprint density at radius 3 is 2.40 bits per heavy atom. The van der Waals surface area contributed by atoms with Crippen LogP contribution in [0.25, 0.3) is 10.9 Å². The molecule has 5 rings (SSSR count). The van der Waals surface area contributed by atoms with Gasteiger partial charge < -0.3 is 14.2 Å². The van der Waals surface area contributed by atoms with Crippen LogP contribution in [0.5, 0.6) is 0 Å². The number of aromatic nitrogens is 1. The lowest BCUT2D eigenvalue weighted by atomic mass is 10.0. The molecule has 1 fully saturated rings. The van der Waals surface area contributed by atoms with Gasteiger partial charge in [0.15, 0.2) is 0 Å². The number of fused-ring (bicyclic) bond motifs is 1. The molecule has 43 heavy (non-hydrogen) atoms. The van der Waals surface area contributed by atoms with Gasteiger partial charge in [-0.2, -0.15) is 0 Å². The molecule has 0 aliphatic carbocycles. The molecular formula is C33H36ClN3O5S. The number of para-hydroxylation sites is 1. The van der Waals surface area contributed by atoms with Crippen molar-refractivity contribution in [2.45, 2.75) is 45.8 Å². The minimum Gasteiger partial charge on any atom is -0.445 e. The minimum atomic E-state index is -4.00. The summed E-state index contributed by atoms with van der Waals surface area (Å²) in [6.45, 7) is 3.21. The van der Waals surface area contributed by atoms with Crippen molar-refractivity contribution in [1.29, 1.82) is 0 Å². The smallest absolute Gasteiger partial charge is 0.410 e. The number of nitrogens with one attached hydrogen (secondary N) is 1. The summed E-state index contributed by atoms with van der Waals surface area (Å²) in [5.74, 6) is -1.27. The highest BCUT2D eigenvalue weighted by atomic mass is 35.5. The van der Waals surface area contributed by atoms with Crippen molar-refractivity contribution in [3.8, 4) is 0 Å². The molecular weight excluding hydrogens is 586 g/mol. The molecule has 3 aromatic carbocycles. The second-order valence-corrected chi connectivity index (χ2v) is 13.2. The molecule has 1 aromatic heterocycles. The van der Waals surface area contributed by atoms with Crippen LogP contribution in [-0.2, 0) is 34.3 Å². The molecule has 0 spiro atoms. The number of carbonyl (C=O) groups excluding carboxylic acids is 2. The first-order valence-corrected chi connectivity index (χ1v) is 16.6. The predicted molar refractivity (Wildman–Crippen MR) is 169 cm³/mol. The van der Waals surface area contributed by atoms with E-state index >= 15 is 0 Å². The standard InChI is InChI=1S/C33H36ClN3O5S/c1-24-28-17-8-18-29(34)31(28)37(20-10-15-25-11-4-2-5-12-25)30(24)32(38)35-43(40,41)23-27-16-9-19-36(21-27)33(39)42-22-26-13-6-3-7-14-26/h2-8,11-14,17-18,27H,9-10,15-16,19-23H2,1H3,(H,35,38)/t27-/m0/s1. The number of carbonyl (C=O) groups is 2. The minimum absolute atomic E-state index is 0.151. The van der Waals surface area contributed by atoms with Crippen LogP contribution in [0.3, 0.4) is 0 Å². The lowest BCUT2D eigenvalue weighted by Gasteiger charge is -2.31. The third kappa shape index (κ3) is 7.58. The molecule has 226 valence electrons. The van der Waals surface area contributed by atoms with Gasteiger partial charge in [0.25, 0.3) is 5.91 Å². The van der Waals surface area contributed by atoms with Crippen LogP contribution in [0.1, 0.15) is 46.4 Å². The number of aryl methyl sites for hydroxylation is 3. The highest BCUT2D eigenvalue weighted by Crippen LogP contribution is 2.32. The third-order valence-corrected chi connectivity index (χ3v) is 9.59. The van der Waals surface area contributed by atoms with Gasteiger partial charge in [-0.1, -0.05) is 84.4 Å². The Balaban J connectivity index is 1.26. The highest BCUT2D eigenvalue weighted by molar-refractivity contribution is 7.90. The number of amides is 2. The summed E-state index contributed by atoms with van der Waals surface area (Å²) in [6.07, 6.45) is 2.36. The predicted octanol–water partition coefficient (Wildman–Crippen LogP) is 6.34. The maximum Gasteiger partial charge on any atom is 0.410 e. The van der Waals surface area contributed by atoms with Crippen molar-refractivity contribution >= 4 is 44.5 Å². The summed E-state index contributed by atoms with van der Waals surface area (Å²) in [4.78, 5) is 27.8. The molecule has 2 amide bonds. The largest absolute Gasteiger partial charge is 0.445 e. The van der Waals surface area contributed by atoms with Gasteiger partial charge in [0.05, 0.1) is 16.3 Å². The maximum atomic E-state index is 13.6. The van der Waals surface area contributed by atoms with E-state index in [1.54, 1.807) is 11.0 Å². The fraction of sp³-hybridized carbons (Fsp3) is 0.333. The summed E-state index contributed by atoms with van der Waals surface area (Å²) in [5.41, 5.74) is 3.74. The first-order chi connectivity index (χ1) is 20.7. The monoisotopic (exact) mass is 621 g/mol. The summed E-state index contributed by atoms with van der Waals surface area (Å²) in [6, 6.07) is 24.9. The number of rotatable bonds is 10. The van der Waals surface area contributed by atoms with Gasteiger partial charge in [0.2, 0.25) is 10.0 Å². The average molecular weight is 622 g/mol. The van der Waals surface area contributed by atoms with E-state index in [0.29, 0.717) is 42.0 Å². The van der Waals surface area contributed by atoms with Gasteiger partial charge in [0.1, 0.15) is 12.3 Å². The van der Waals surface area contributed by atoms with Crippen molar-refractivity contribution in [3.05, 3.63) is 106 Å². The van der Waals surface area contributed by atoms with E-state index in [0.717, 1.165) is 23.8 Å². The number of halogens is 1. The number of hydrogen-bond donors (Lipinski definition) is 1. The van der Waals surface area contributed by atoms with Crippen LogP contribution in [0, 0.1) is 12.8 Å². The average Bonchev–Trinajstić information content (AvgIpc) is 3.29. The van der Waals surface area contributed by atoms with E-state index < -0.39 is 22.0 Å². The number of likely N-dealkylation sites (tertiary alicyclic amines) is 1. The molecule has 0 bridgehead atoms. The highest BCUT2D eigenvalue weighted by Gasteiger charge is 2.31. The van der Waals surface area contributed by atoms with Crippen LogP contribution in [0.15, 0.2) is 78.9 Å². The number of piperidine rings is 1. The third-order valence-electron chi connectivity index (χ3n) is 7.88. The zero-order valence-electron chi connectivity index (χ0n) is 24.2. The lowest BCUT2D eigenvalue weighted by Crippen LogP contribution is -2.44. The first-order valence-electron chi connectivity index (χ1n) is 14.5. The van der Waals surface area contributed by atoms with Crippen LogP contribution in [0.2, 0.25) is 5.02 Å². The van der Waals surface area contributed by atoms with Gasteiger partial charge in [-0.15, -0.1) is 0 Å². The van der Waals surface area contributed by atoms with Gasteiger partial charge >= 0.3 is 6.09 Å². The van der Waals surface area contributed by atoms with Gasteiger partial charge in [-0.25, -0.2) is 17.9 Å². The molecule has 8 nitrogen and oxygen atoms in total. The van der Waals surface area contributed by atoms with E-state index in [4.69, 9.17) is 16.3 Å². The molecule has 1 aliphatic heterocycles. The van der Waals surface area contributed by atoms with E-state index in [1.807, 2.05) is 72.2 Å². The fourth-order valence-electron chi connectivity index (χ4n) is 5.86. The van der Waals surface area contributed by atoms with Gasteiger partial charge in [0, 0.05) is 25.0 Å². The summed E-state index contributed by atoms with van der Waals surface area (Å²) in [5, 5.41) is 1.32. The van der Waals surface area contributed by atoms with Crippen molar-refractivity contribution in [1.82, 2.24) is 14.2 Å². The van der Waals surface area contributed by atoms with Crippen LogP contribution < -0.4 is 4.72 Å². The Morgan fingerprint density at radius 1 is 0.977 bits per heavy atom. The van der Waals surface area contributed by atoms with Crippen LogP contribution >= 0.6 is 11.6 Å². The lowest BCUT2D eigenvalue weighted by molar-refractivity contribution is 0.0811. The number of nitrogens with zero attached hydrogens (tertiary/aromatic N) is 2. The topological polar surface area (TPSA) is 97.7 Å². The van der Waals surface area contributed by atoms with Crippen molar-refractivity contribution in [3.63, 3.8) is 0 Å². The molecule has 4 aromatic rings. The van der Waals surface area contributed by atoms with Crippen LogP contribution in [0.4, 0.5) is 4.79 Å².